The van der Waals surface area contributed by atoms with Gasteiger partial charge in [-0.05, 0) is 37.6 Å². The van der Waals surface area contributed by atoms with Crippen molar-refractivity contribution in [2.24, 2.45) is 5.73 Å². The molecule has 3 N–H and O–H groups in total. The summed E-state index contributed by atoms with van der Waals surface area (Å²) in [5.74, 6) is 0.108. The molecule has 0 aliphatic heterocycles. The quantitative estimate of drug-likeness (QED) is 0.731. The molecule has 6 heteroatoms. The number of hydrogen-bond acceptors (Lipinski definition) is 4. The third kappa shape index (κ3) is 4.93. The van der Waals surface area contributed by atoms with E-state index in [9.17, 15) is 8.42 Å². The van der Waals surface area contributed by atoms with Crippen molar-refractivity contribution in [2.45, 2.75) is 12.8 Å². The Balaban J connectivity index is 2.69. The highest BCUT2D eigenvalue weighted by Crippen LogP contribution is 2.18. The van der Waals surface area contributed by atoms with Gasteiger partial charge < -0.3 is 10.6 Å². The van der Waals surface area contributed by atoms with E-state index in [0.29, 0.717) is 18.7 Å². The molecular weight excluding hydrogens is 250 g/mol. The van der Waals surface area contributed by atoms with Crippen molar-refractivity contribution in [2.75, 3.05) is 36.0 Å². The van der Waals surface area contributed by atoms with Crippen LogP contribution in [-0.4, -0.2) is 34.8 Å². The molecule has 102 valence electrons. The Labute approximate surface area is 109 Å². The summed E-state index contributed by atoms with van der Waals surface area (Å²) in [6, 6.07) is 7.30. The van der Waals surface area contributed by atoms with Gasteiger partial charge in [0.25, 0.3) is 0 Å². The van der Waals surface area contributed by atoms with Crippen molar-refractivity contribution >= 4 is 21.4 Å². The summed E-state index contributed by atoms with van der Waals surface area (Å²) in [5.41, 5.74) is 6.89. The Kier molecular flexibility index (Phi) is 5.43. The molecule has 1 aromatic carbocycles. The Hall–Kier alpha value is -1.27. The van der Waals surface area contributed by atoms with Gasteiger partial charge in [0, 0.05) is 19.8 Å². The van der Waals surface area contributed by atoms with Crippen molar-refractivity contribution in [3.05, 3.63) is 24.3 Å². The largest absolute Gasteiger partial charge is 0.378 e. The first-order valence-electron chi connectivity index (χ1n) is 5.92. The van der Waals surface area contributed by atoms with E-state index in [2.05, 4.69) is 4.72 Å². The van der Waals surface area contributed by atoms with Crippen LogP contribution in [0.25, 0.3) is 0 Å². The average molecular weight is 271 g/mol. The van der Waals surface area contributed by atoms with Gasteiger partial charge in [-0.15, -0.1) is 0 Å². The second-order valence-electron chi connectivity index (χ2n) is 4.36. The van der Waals surface area contributed by atoms with Crippen molar-refractivity contribution in [1.82, 2.24) is 0 Å². The number of nitrogens with one attached hydrogen (secondary N) is 1. The van der Waals surface area contributed by atoms with Crippen LogP contribution in [0, 0.1) is 0 Å². The minimum atomic E-state index is -3.27. The summed E-state index contributed by atoms with van der Waals surface area (Å²) in [6.45, 7) is 0.519. The lowest BCUT2D eigenvalue weighted by Gasteiger charge is -2.14. The van der Waals surface area contributed by atoms with Crippen molar-refractivity contribution in [1.29, 1.82) is 0 Å². The van der Waals surface area contributed by atoms with Crippen LogP contribution >= 0.6 is 0 Å². The Morgan fingerprint density at radius 3 is 2.61 bits per heavy atom. The number of anilines is 2. The molecule has 0 aliphatic rings. The second-order valence-corrected chi connectivity index (χ2v) is 6.20. The fraction of sp³-hybridized carbons (Fsp3) is 0.500. The lowest BCUT2D eigenvalue weighted by atomic mass is 10.3. The van der Waals surface area contributed by atoms with Crippen LogP contribution in [0.2, 0.25) is 0 Å². The molecule has 0 radical (unpaired) electrons. The number of nitrogens with two attached hydrogens (primary N) is 1. The molecule has 0 aromatic heterocycles. The molecule has 1 aromatic rings. The predicted molar refractivity (Wildman–Crippen MR) is 76.5 cm³/mol. The fourth-order valence-electron chi connectivity index (χ4n) is 1.51. The maximum absolute atomic E-state index is 11.8. The molecule has 0 heterocycles. The minimum Gasteiger partial charge on any atom is -0.378 e. The summed E-state index contributed by atoms with van der Waals surface area (Å²) < 4.78 is 26.2. The molecule has 0 fully saturated rings. The van der Waals surface area contributed by atoms with E-state index in [4.69, 9.17) is 5.73 Å². The smallest absolute Gasteiger partial charge is 0.232 e. The number of nitrogens with zero attached hydrogens (tertiary/aromatic N) is 1. The maximum Gasteiger partial charge on any atom is 0.232 e. The normalized spacial score (nSPS) is 11.3. The monoisotopic (exact) mass is 271 g/mol. The van der Waals surface area contributed by atoms with Gasteiger partial charge in [0.15, 0.2) is 0 Å². The molecule has 0 spiro atoms. The summed E-state index contributed by atoms with van der Waals surface area (Å²) in [4.78, 5) is 1.92. The lowest BCUT2D eigenvalue weighted by Crippen LogP contribution is -2.18. The van der Waals surface area contributed by atoms with Crippen LogP contribution in [0.4, 0.5) is 11.4 Å². The zero-order chi connectivity index (χ0) is 13.6. The molecule has 0 bridgehead atoms. The topological polar surface area (TPSA) is 75.4 Å². The standard InChI is InChI=1S/C12H21N3O2S/c1-15(2)12-7-5-6-11(10-12)14-18(16,17)9-4-3-8-13/h5-7,10,14H,3-4,8-9,13H2,1-2H3. The van der Waals surface area contributed by atoms with E-state index in [1.807, 2.05) is 31.1 Å². The second kappa shape index (κ2) is 6.61. The fourth-order valence-corrected chi connectivity index (χ4v) is 2.69. The number of rotatable bonds is 7. The SMILES string of the molecule is CN(C)c1cccc(NS(=O)(=O)CCCCN)c1. The van der Waals surface area contributed by atoms with Crippen LogP contribution < -0.4 is 15.4 Å². The van der Waals surface area contributed by atoms with Crippen LogP contribution in [0.15, 0.2) is 24.3 Å². The van der Waals surface area contributed by atoms with E-state index >= 15 is 0 Å². The predicted octanol–water partition coefficient (Wildman–Crippen LogP) is 1.23. The molecule has 0 saturated heterocycles. The van der Waals surface area contributed by atoms with Crippen LogP contribution in [0.5, 0.6) is 0 Å². The van der Waals surface area contributed by atoms with E-state index in [1.165, 1.54) is 0 Å². The zero-order valence-electron chi connectivity index (χ0n) is 10.9. The summed E-state index contributed by atoms with van der Waals surface area (Å²) in [6.07, 6.45) is 1.30. The van der Waals surface area contributed by atoms with Crippen LogP contribution in [-0.2, 0) is 10.0 Å². The third-order valence-electron chi connectivity index (χ3n) is 2.50. The number of benzene rings is 1. The summed E-state index contributed by atoms with van der Waals surface area (Å²) >= 11 is 0. The number of unbranched alkanes of at least 4 members (excludes halogenated alkanes) is 1. The van der Waals surface area contributed by atoms with E-state index in [1.54, 1.807) is 12.1 Å². The molecule has 0 atom stereocenters. The van der Waals surface area contributed by atoms with Gasteiger partial charge in [0.05, 0.1) is 11.4 Å². The first kappa shape index (κ1) is 14.8. The van der Waals surface area contributed by atoms with Crippen LogP contribution in [0.3, 0.4) is 0 Å². The molecule has 5 nitrogen and oxygen atoms in total. The molecule has 0 saturated carbocycles. The summed E-state index contributed by atoms with van der Waals surface area (Å²) in [7, 11) is 0.550. The van der Waals surface area contributed by atoms with E-state index < -0.39 is 10.0 Å². The van der Waals surface area contributed by atoms with Crippen LogP contribution in [0.1, 0.15) is 12.8 Å². The lowest BCUT2D eigenvalue weighted by molar-refractivity contribution is 0.597. The van der Waals surface area contributed by atoms with Gasteiger partial charge in [-0.25, -0.2) is 8.42 Å². The molecule has 0 aliphatic carbocycles. The van der Waals surface area contributed by atoms with Gasteiger partial charge >= 0.3 is 0 Å². The molecule has 0 amide bonds. The highest BCUT2D eigenvalue weighted by molar-refractivity contribution is 7.92. The van der Waals surface area contributed by atoms with Crippen molar-refractivity contribution in [3.63, 3.8) is 0 Å². The minimum absolute atomic E-state index is 0.108. The van der Waals surface area contributed by atoms with E-state index in [0.717, 1.165) is 12.1 Å². The first-order chi connectivity index (χ1) is 8.44. The summed E-state index contributed by atoms with van der Waals surface area (Å²) in [5, 5.41) is 0. The zero-order valence-corrected chi connectivity index (χ0v) is 11.7. The Morgan fingerprint density at radius 1 is 1.28 bits per heavy atom. The first-order valence-corrected chi connectivity index (χ1v) is 7.58. The van der Waals surface area contributed by atoms with Gasteiger partial charge in [-0.2, -0.15) is 0 Å². The Bertz CT molecular complexity index is 472. The van der Waals surface area contributed by atoms with E-state index in [-0.39, 0.29) is 5.75 Å². The number of sulfonamides is 1. The maximum atomic E-state index is 11.8. The molecule has 0 unspecified atom stereocenters. The van der Waals surface area contributed by atoms with Gasteiger partial charge in [-0.3, -0.25) is 4.72 Å². The molecule has 18 heavy (non-hydrogen) atoms. The highest BCUT2D eigenvalue weighted by atomic mass is 32.2. The average Bonchev–Trinajstić information content (AvgIpc) is 2.28. The molecular formula is C12H21N3O2S. The van der Waals surface area contributed by atoms with Gasteiger partial charge in [0.1, 0.15) is 0 Å². The number of hydrogen-bond donors (Lipinski definition) is 2. The molecule has 1 rings (SSSR count). The Morgan fingerprint density at radius 2 is 2.00 bits per heavy atom. The van der Waals surface area contributed by atoms with Gasteiger partial charge in [0.2, 0.25) is 10.0 Å². The van der Waals surface area contributed by atoms with Crippen molar-refractivity contribution < 1.29 is 8.42 Å². The van der Waals surface area contributed by atoms with Crippen molar-refractivity contribution in [3.8, 4) is 0 Å². The van der Waals surface area contributed by atoms with Gasteiger partial charge in [-0.1, -0.05) is 6.07 Å². The third-order valence-corrected chi connectivity index (χ3v) is 3.88. The highest BCUT2D eigenvalue weighted by Gasteiger charge is 2.10.